The minimum atomic E-state index is -1.33. The van der Waals surface area contributed by atoms with E-state index in [0.29, 0.717) is 0 Å². The number of rotatable bonds is 7. The number of hydrogen-bond donors (Lipinski definition) is 1. The van der Waals surface area contributed by atoms with Gasteiger partial charge in [0.25, 0.3) is 0 Å². The van der Waals surface area contributed by atoms with Gasteiger partial charge in [0.1, 0.15) is 18.6 Å². The van der Waals surface area contributed by atoms with E-state index in [9.17, 15) is 19.2 Å². The van der Waals surface area contributed by atoms with E-state index in [1.165, 1.54) is 40.0 Å². The van der Waals surface area contributed by atoms with Crippen LogP contribution < -0.4 is 5.32 Å². The molecule has 8 nitrogen and oxygen atoms in total. The molecule has 0 radical (unpaired) electrons. The topological polar surface area (TPSA) is 108 Å². The van der Waals surface area contributed by atoms with Crippen LogP contribution in [0.4, 0.5) is 5.69 Å². The Labute approximate surface area is 145 Å². The highest BCUT2D eigenvalue weighted by Gasteiger charge is 2.37. The summed E-state index contributed by atoms with van der Waals surface area (Å²) in [5.41, 5.74) is -0.933. The number of esters is 3. The standard InChI is InChI=1S/C17H21NO7/c1-11(19)24-9-17(3,10-25-12(2)20)16(22)18-14-8-6-5-7-13(14)15(21)23-4/h5-8H,9-10H2,1-4H3,(H,18,22). The van der Waals surface area contributed by atoms with E-state index in [1.807, 2.05) is 0 Å². The molecule has 0 aromatic heterocycles. The van der Waals surface area contributed by atoms with Crippen LogP contribution in [0.3, 0.4) is 0 Å². The van der Waals surface area contributed by atoms with Crippen molar-refractivity contribution < 1.29 is 33.4 Å². The number of hydrogen-bond acceptors (Lipinski definition) is 7. The number of carbonyl (C=O) groups is 4. The molecule has 1 N–H and O–H groups in total. The van der Waals surface area contributed by atoms with E-state index in [1.54, 1.807) is 12.1 Å². The van der Waals surface area contributed by atoms with Crippen molar-refractivity contribution in [1.82, 2.24) is 0 Å². The summed E-state index contributed by atoms with van der Waals surface area (Å²) in [6.07, 6.45) is 0. The van der Waals surface area contributed by atoms with Gasteiger partial charge in [-0.2, -0.15) is 0 Å². The van der Waals surface area contributed by atoms with E-state index in [-0.39, 0.29) is 24.5 Å². The summed E-state index contributed by atoms with van der Waals surface area (Å²) in [4.78, 5) is 46.6. The molecule has 0 aliphatic heterocycles. The Kier molecular flexibility index (Phi) is 7.10. The predicted molar refractivity (Wildman–Crippen MR) is 87.8 cm³/mol. The van der Waals surface area contributed by atoms with Crippen molar-refractivity contribution in [2.75, 3.05) is 25.6 Å². The van der Waals surface area contributed by atoms with Crippen LogP contribution >= 0.6 is 0 Å². The molecule has 0 spiro atoms. The molecule has 1 amide bonds. The van der Waals surface area contributed by atoms with E-state index in [4.69, 9.17) is 9.47 Å². The first-order valence-electron chi connectivity index (χ1n) is 7.45. The second-order valence-electron chi connectivity index (χ2n) is 5.61. The highest BCUT2D eigenvalue weighted by atomic mass is 16.5. The number of methoxy groups -OCH3 is 1. The number of nitrogens with one attached hydrogen (secondary N) is 1. The van der Waals surface area contributed by atoms with Crippen molar-refractivity contribution in [2.45, 2.75) is 20.8 Å². The van der Waals surface area contributed by atoms with E-state index in [2.05, 4.69) is 10.1 Å². The lowest BCUT2D eigenvalue weighted by Gasteiger charge is -2.27. The summed E-state index contributed by atoms with van der Waals surface area (Å²) in [6, 6.07) is 6.29. The van der Waals surface area contributed by atoms with Crippen LogP contribution in [0, 0.1) is 5.41 Å². The molecule has 0 atom stereocenters. The van der Waals surface area contributed by atoms with Gasteiger partial charge in [-0.1, -0.05) is 12.1 Å². The lowest BCUT2D eigenvalue weighted by atomic mass is 9.91. The molecule has 25 heavy (non-hydrogen) atoms. The molecule has 0 saturated carbocycles. The summed E-state index contributed by atoms with van der Waals surface area (Å²) in [6.45, 7) is 3.31. The van der Waals surface area contributed by atoms with Crippen LogP contribution in [0.1, 0.15) is 31.1 Å². The van der Waals surface area contributed by atoms with Crippen LogP contribution in [0.15, 0.2) is 24.3 Å². The number of anilines is 1. The molecular weight excluding hydrogens is 330 g/mol. The Morgan fingerprint density at radius 1 is 1.00 bits per heavy atom. The zero-order valence-electron chi connectivity index (χ0n) is 14.6. The maximum absolute atomic E-state index is 12.7. The highest BCUT2D eigenvalue weighted by molar-refractivity contribution is 6.03. The molecule has 1 aromatic rings. The zero-order chi connectivity index (χ0) is 19.0. The molecule has 1 rings (SSSR count). The first-order valence-corrected chi connectivity index (χ1v) is 7.45. The van der Waals surface area contributed by atoms with Gasteiger partial charge < -0.3 is 19.5 Å². The minimum absolute atomic E-state index is 0.167. The van der Waals surface area contributed by atoms with Gasteiger partial charge in [0.05, 0.1) is 18.4 Å². The van der Waals surface area contributed by atoms with E-state index >= 15 is 0 Å². The molecule has 0 unspecified atom stereocenters. The third-order valence-corrected chi connectivity index (χ3v) is 3.32. The Bertz CT molecular complexity index is 651. The molecule has 136 valence electrons. The van der Waals surface area contributed by atoms with Crippen molar-refractivity contribution in [2.24, 2.45) is 5.41 Å². The Morgan fingerprint density at radius 3 is 2.00 bits per heavy atom. The molecule has 0 saturated heterocycles. The van der Waals surface area contributed by atoms with E-state index < -0.39 is 29.2 Å². The molecule has 0 aliphatic carbocycles. The van der Waals surface area contributed by atoms with Crippen LogP contribution in [0.2, 0.25) is 0 Å². The first-order chi connectivity index (χ1) is 11.7. The minimum Gasteiger partial charge on any atom is -0.465 e. The zero-order valence-corrected chi connectivity index (χ0v) is 14.6. The van der Waals surface area contributed by atoms with Crippen molar-refractivity contribution in [3.63, 3.8) is 0 Å². The van der Waals surface area contributed by atoms with Gasteiger partial charge in [-0.05, 0) is 19.1 Å². The lowest BCUT2D eigenvalue weighted by molar-refractivity contribution is -0.153. The van der Waals surface area contributed by atoms with Gasteiger partial charge >= 0.3 is 17.9 Å². The van der Waals surface area contributed by atoms with Gasteiger partial charge in [0.2, 0.25) is 5.91 Å². The summed E-state index contributed by atoms with van der Waals surface area (Å²) in [7, 11) is 1.23. The number of amides is 1. The number of para-hydroxylation sites is 1. The SMILES string of the molecule is COC(=O)c1ccccc1NC(=O)C(C)(COC(C)=O)COC(C)=O. The molecule has 0 heterocycles. The predicted octanol–water partition coefficient (Wildman–Crippen LogP) is 1.54. The van der Waals surface area contributed by atoms with Crippen molar-refractivity contribution in [3.8, 4) is 0 Å². The van der Waals surface area contributed by atoms with Gasteiger partial charge in [-0.25, -0.2) is 4.79 Å². The van der Waals surface area contributed by atoms with Gasteiger partial charge in [0, 0.05) is 13.8 Å². The molecule has 0 aliphatic rings. The summed E-state index contributed by atoms with van der Waals surface area (Å²) in [5.74, 6) is -2.34. The summed E-state index contributed by atoms with van der Waals surface area (Å²) >= 11 is 0. The van der Waals surface area contributed by atoms with Crippen molar-refractivity contribution in [3.05, 3.63) is 29.8 Å². The third-order valence-electron chi connectivity index (χ3n) is 3.32. The summed E-state index contributed by atoms with van der Waals surface area (Å²) in [5, 5.41) is 2.59. The fraction of sp³-hybridized carbons (Fsp3) is 0.412. The third kappa shape index (κ3) is 5.91. The quantitative estimate of drug-likeness (QED) is 0.586. The second-order valence-corrected chi connectivity index (χ2v) is 5.61. The fourth-order valence-corrected chi connectivity index (χ4v) is 1.85. The molecular formula is C17H21NO7. The fourth-order valence-electron chi connectivity index (χ4n) is 1.85. The summed E-state index contributed by atoms with van der Waals surface area (Å²) < 4.78 is 14.5. The maximum atomic E-state index is 12.7. The van der Waals surface area contributed by atoms with Crippen LogP contribution in [-0.4, -0.2) is 44.1 Å². The van der Waals surface area contributed by atoms with Crippen LogP contribution in [0.25, 0.3) is 0 Å². The van der Waals surface area contributed by atoms with Gasteiger partial charge in [0.15, 0.2) is 0 Å². The number of benzene rings is 1. The van der Waals surface area contributed by atoms with Crippen LogP contribution in [0.5, 0.6) is 0 Å². The van der Waals surface area contributed by atoms with Crippen molar-refractivity contribution in [1.29, 1.82) is 0 Å². The van der Waals surface area contributed by atoms with Crippen molar-refractivity contribution >= 4 is 29.5 Å². The molecule has 1 aromatic carbocycles. The lowest BCUT2D eigenvalue weighted by Crippen LogP contribution is -2.42. The highest BCUT2D eigenvalue weighted by Crippen LogP contribution is 2.23. The maximum Gasteiger partial charge on any atom is 0.339 e. The smallest absolute Gasteiger partial charge is 0.339 e. The molecule has 8 heteroatoms. The first kappa shape index (κ1) is 20.1. The van der Waals surface area contributed by atoms with E-state index in [0.717, 1.165) is 0 Å². The second kappa shape index (κ2) is 8.81. The average Bonchev–Trinajstić information content (AvgIpc) is 2.57. The molecule has 0 bridgehead atoms. The van der Waals surface area contributed by atoms with Crippen LogP contribution in [-0.2, 0) is 28.6 Å². The Balaban J connectivity index is 3.03. The normalized spacial score (nSPS) is 10.6. The number of ether oxygens (including phenoxy) is 3. The monoisotopic (exact) mass is 351 g/mol. The largest absolute Gasteiger partial charge is 0.465 e. The average molecular weight is 351 g/mol. The Morgan fingerprint density at radius 2 is 1.52 bits per heavy atom. The van der Waals surface area contributed by atoms with Gasteiger partial charge in [-0.15, -0.1) is 0 Å². The molecule has 0 fully saturated rings. The Hall–Kier alpha value is -2.90. The number of carbonyl (C=O) groups excluding carboxylic acids is 4. The van der Waals surface area contributed by atoms with Gasteiger partial charge in [-0.3, -0.25) is 14.4 Å².